The van der Waals surface area contributed by atoms with Crippen molar-refractivity contribution < 1.29 is 22.4 Å². The summed E-state index contributed by atoms with van der Waals surface area (Å²) in [6, 6.07) is 9.47. The molecule has 0 unspecified atom stereocenters. The number of fused-ring (bicyclic) bond motifs is 1. The summed E-state index contributed by atoms with van der Waals surface area (Å²) in [5.41, 5.74) is 8.11. The van der Waals surface area contributed by atoms with Crippen LogP contribution in [0.2, 0.25) is 0 Å². The molecule has 0 bridgehead atoms. The minimum atomic E-state index is -4.69. The molecule has 0 saturated carbocycles. The van der Waals surface area contributed by atoms with Gasteiger partial charge in [0, 0.05) is 30.9 Å². The number of rotatable bonds is 9. The first-order chi connectivity index (χ1) is 19.1. The van der Waals surface area contributed by atoms with Gasteiger partial charge < -0.3 is 27.0 Å². The number of carbonyl (C=O) groups excluding carboxylic acids is 1. The van der Waals surface area contributed by atoms with Gasteiger partial charge in [-0.1, -0.05) is 12.1 Å². The summed E-state index contributed by atoms with van der Waals surface area (Å²) in [4.78, 5) is 16.5. The van der Waals surface area contributed by atoms with Gasteiger partial charge in [0.15, 0.2) is 5.82 Å². The third-order valence-electron chi connectivity index (χ3n) is 6.03. The Balaban J connectivity index is 1.61. The molecule has 0 aliphatic rings. The quantitative estimate of drug-likeness (QED) is 0.154. The molecule has 0 saturated heterocycles. The van der Waals surface area contributed by atoms with Gasteiger partial charge >= 0.3 is 12.2 Å². The fraction of sp³-hybridized carbons (Fsp3) is 0.231. The largest absolute Gasteiger partial charge is 0.416 e. The topological polar surface area (TPSA) is 145 Å². The van der Waals surface area contributed by atoms with Gasteiger partial charge in [-0.3, -0.25) is 0 Å². The highest BCUT2D eigenvalue weighted by molar-refractivity contribution is 6.00. The number of nitrogen functional groups attached to an aromatic ring is 1. The number of carbonyl (C=O) groups is 1. The van der Waals surface area contributed by atoms with Crippen molar-refractivity contribution in [1.29, 1.82) is 5.26 Å². The molecule has 2 aromatic carbocycles. The molecule has 6 N–H and O–H groups in total. The second kappa shape index (κ2) is 12.0. The molecular weight excluding hydrogens is 530 g/mol. The van der Waals surface area contributed by atoms with Crippen LogP contribution in [0.5, 0.6) is 0 Å². The monoisotopic (exact) mass is 555 g/mol. The SMILES string of the molecule is CNCCNCc1c(CC#N)c(-c2ccc(NC(=O)Nc3cc(C(F)(F)F)ccc3F)cc2)c2c(N)ncnn12. The summed E-state index contributed by atoms with van der Waals surface area (Å²) >= 11 is 0. The summed E-state index contributed by atoms with van der Waals surface area (Å²) in [6.45, 7) is 1.84. The van der Waals surface area contributed by atoms with Crippen molar-refractivity contribution in [1.82, 2.24) is 25.2 Å². The fourth-order valence-corrected chi connectivity index (χ4v) is 4.21. The van der Waals surface area contributed by atoms with Crippen LogP contribution in [-0.4, -0.2) is 40.8 Å². The molecule has 0 spiro atoms. The highest BCUT2D eigenvalue weighted by Gasteiger charge is 2.31. The van der Waals surface area contributed by atoms with Crippen molar-refractivity contribution in [3.8, 4) is 17.2 Å². The third kappa shape index (κ3) is 6.11. The Bertz CT molecular complexity index is 1560. The number of amides is 2. The minimum absolute atomic E-state index is 0.0755. The van der Waals surface area contributed by atoms with Crippen molar-refractivity contribution >= 4 is 28.7 Å². The van der Waals surface area contributed by atoms with Crippen molar-refractivity contribution in [2.75, 3.05) is 36.5 Å². The molecule has 208 valence electrons. The molecule has 0 radical (unpaired) electrons. The van der Waals surface area contributed by atoms with E-state index in [1.807, 2.05) is 7.05 Å². The van der Waals surface area contributed by atoms with Crippen LogP contribution >= 0.6 is 0 Å². The first-order valence-electron chi connectivity index (χ1n) is 12.0. The summed E-state index contributed by atoms with van der Waals surface area (Å²) in [6.07, 6.45) is -3.29. The molecule has 14 heteroatoms. The Hall–Kier alpha value is -4.74. The van der Waals surface area contributed by atoms with Gasteiger partial charge in [-0.2, -0.15) is 23.5 Å². The van der Waals surface area contributed by atoms with Crippen molar-refractivity contribution in [3.63, 3.8) is 0 Å². The van der Waals surface area contributed by atoms with E-state index in [2.05, 4.69) is 37.4 Å². The lowest BCUT2D eigenvalue weighted by Gasteiger charge is -2.12. The first-order valence-corrected chi connectivity index (χ1v) is 12.0. The number of nitrogens with two attached hydrogens (primary N) is 1. The number of hydrogen-bond donors (Lipinski definition) is 5. The molecule has 4 aromatic rings. The van der Waals surface area contributed by atoms with E-state index in [1.165, 1.54) is 6.33 Å². The molecule has 10 nitrogen and oxygen atoms in total. The van der Waals surface area contributed by atoms with Gasteiger partial charge in [-0.25, -0.2) is 18.7 Å². The molecule has 0 aliphatic heterocycles. The Morgan fingerprint density at radius 1 is 1.12 bits per heavy atom. The lowest BCUT2D eigenvalue weighted by molar-refractivity contribution is -0.137. The molecule has 2 heterocycles. The average molecular weight is 556 g/mol. The van der Waals surface area contributed by atoms with E-state index in [9.17, 15) is 27.6 Å². The lowest BCUT2D eigenvalue weighted by atomic mass is 9.98. The third-order valence-corrected chi connectivity index (χ3v) is 6.03. The summed E-state index contributed by atoms with van der Waals surface area (Å²) in [7, 11) is 1.84. The summed E-state index contributed by atoms with van der Waals surface area (Å²) in [5, 5.41) is 24.8. The van der Waals surface area contributed by atoms with E-state index in [1.54, 1.807) is 28.8 Å². The Kier molecular flexibility index (Phi) is 8.46. The normalized spacial score (nSPS) is 11.4. The number of alkyl halides is 3. The van der Waals surface area contributed by atoms with Gasteiger partial charge in [0.05, 0.1) is 29.4 Å². The predicted molar refractivity (Wildman–Crippen MR) is 142 cm³/mol. The standard InChI is InChI=1S/C26H25F4N9O/c1-33-10-11-34-13-21-18(8-9-31)22(23-24(32)35-14-36-39(21)23)15-2-5-17(6-3-15)37-25(40)38-20-12-16(26(28,29)30)4-7-19(20)27/h2-7,12,14,33-34H,8,10-11,13H2,1H3,(H2,32,35,36)(H2,37,38,40). The van der Waals surface area contributed by atoms with Crippen LogP contribution in [0.1, 0.15) is 16.8 Å². The number of anilines is 3. The highest BCUT2D eigenvalue weighted by Crippen LogP contribution is 2.36. The van der Waals surface area contributed by atoms with Crippen LogP contribution in [0.3, 0.4) is 0 Å². The van der Waals surface area contributed by atoms with Crippen molar-refractivity contribution in [2.45, 2.75) is 19.1 Å². The number of nitrogens with one attached hydrogen (secondary N) is 4. The maximum Gasteiger partial charge on any atom is 0.416 e. The Morgan fingerprint density at radius 2 is 1.88 bits per heavy atom. The Labute approximate surface area is 226 Å². The van der Waals surface area contributed by atoms with Crippen LogP contribution in [0, 0.1) is 17.1 Å². The zero-order valence-corrected chi connectivity index (χ0v) is 21.2. The molecule has 2 aromatic heterocycles. The number of nitrogens with zero attached hydrogens (tertiary/aromatic N) is 4. The van der Waals surface area contributed by atoms with Crippen LogP contribution in [-0.2, 0) is 19.1 Å². The number of aromatic nitrogens is 3. The molecule has 2 amide bonds. The average Bonchev–Trinajstić information content (AvgIpc) is 3.22. The molecule has 0 aliphatic carbocycles. The molecular formula is C26H25F4N9O. The van der Waals surface area contributed by atoms with Crippen LogP contribution in [0.4, 0.5) is 39.5 Å². The maximum atomic E-state index is 14.0. The second-order valence-corrected chi connectivity index (χ2v) is 8.67. The zero-order chi connectivity index (χ0) is 28.9. The van der Waals surface area contributed by atoms with Gasteiger partial charge in [-0.05, 0) is 48.5 Å². The van der Waals surface area contributed by atoms with Crippen LogP contribution in [0.15, 0.2) is 48.8 Å². The Morgan fingerprint density at radius 3 is 2.55 bits per heavy atom. The molecule has 0 fully saturated rings. The van der Waals surface area contributed by atoms with E-state index in [0.717, 1.165) is 12.2 Å². The maximum absolute atomic E-state index is 14.0. The van der Waals surface area contributed by atoms with Gasteiger partial charge in [0.2, 0.25) is 0 Å². The van der Waals surface area contributed by atoms with E-state index in [0.29, 0.717) is 53.5 Å². The highest BCUT2D eigenvalue weighted by atomic mass is 19.4. The molecule has 0 atom stereocenters. The predicted octanol–water partition coefficient (Wildman–Crippen LogP) is 4.16. The number of halogens is 4. The zero-order valence-electron chi connectivity index (χ0n) is 21.2. The van der Waals surface area contributed by atoms with Gasteiger partial charge in [-0.15, -0.1) is 0 Å². The van der Waals surface area contributed by atoms with Gasteiger partial charge in [0.25, 0.3) is 0 Å². The second-order valence-electron chi connectivity index (χ2n) is 8.67. The lowest BCUT2D eigenvalue weighted by Crippen LogP contribution is -2.25. The first kappa shape index (κ1) is 28.3. The van der Waals surface area contributed by atoms with E-state index < -0.39 is 29.3 Å². The molecule has 40 heavy (non-hydrogen) atoms. The number of nitriles is 1. The van der Waals surface area contributed by atoms with E-state index >= 15 is 0 Å². The number of benzene rings is 2. The van der Waals surface area contributed by atoms with Crippen LogP contribution < -0.4 is 27.0 Å². The number of hydrogen-bond acceptors (Lipinski definition) is 7. The molecule has 4 rings (SSSR count). The smallest absolute Gasteiger partial charge is 0.382 e. The van der Waals surface area contributed by atoms with Crippen molar-refractivity contribution in [2.24, 2.45) is 0 Å². The van der Waals surface area contributed by atoms with Crippen molar-refractivity contribution in [3.05, 3.63) is 71.4 Å². The minimum Gasteiger partial charge on any atom is -0.382 e. The summed E-state index contributed by atoms with van der Waals surface area (Å²) in [5.74, 6) is -0.796. The van der Waals surface area contributed by atoms with E-state index in [-0.39, 0.29) is 17.9 Å². The number of urea groups is 1. The van der Waals surface area contributed by atoms with Gasteiger partial charge in [0.1, 0.15) is 17.7 Å². The van der Waals surface area contributed by atoms with Crippen LogP contribution in [0.25, 0.3) is 16.6 Å². The van der Waals surface area contributed by atoms with E-state index in [4.69, 9.17) is 5.73 Å². The fourth-order valence-electron chi connectivity index (χ4n) is 4.21. The summed E-state index contributed by atoms with van der Waals surface area (Å²) < 4.78 is 54.6. The number of likely N-dealkylation sites (N-methyl/N-ethyl adjacent to an activating group) is 1.